The van der Waals surface area contributed by atoms with Crippen molar-refractivity contribution in [2.45, 2.75) is 50.9 Å². The standard InChI is InChI=1S/C18H26N6/c1-2-4-13(3-1)17-23-16-7-9-19-8-6-15(16)18(24-17)21-10-5-14-11-20-12-22-14/h11-13,19H,1-10H2,(H,20,22)(H,21,23,24). The number of hydrogen-bond acceptors (Lipinski definition) is 5. The molecule has 0 atom stereocenters. The molecule has 3 heterocycles. The molecule has 0 radical (unpaired) electrons. The molecule has 0 amide bonds. The molecule has 1 aliphatic heterocycles. The minimum atomic E-state index is 0.555. The molecule has 1 aliphatic carbocycles. The minimum Gasteiger partial charge on any atom is -0.369 e. The fourth-order valence-electron chi connectivity index (χ4n) is 3.81. The van der Waals surface area contributed by atoms with Crippen molar-refractivity contribution in [2.75, 3.05) is 25.0 Å². The zero-order chi connectivity index (χ0) is 16.2. The van der Waals surface area contributed by atoms with Crippen LogP contribution in [0.25, 0.3) is 0 Å². The lowest BCUT2D eigenvalue weighted by Gasteiger charge is -2.17. The van der Waals surface area contributed by atoms with Crippen LogP contribution in [0.15, 0.2) is 12.5 Å². The predicted octanol–water partition coefficient (Wildman–Crippen LogP) is 2.20. The van der Waals surface area contributed by atoms with Crippen LogP contribution in [0.2, 0.25) is 0 Å². The van der Waals surface area contributed by atoms with Crippen LogP contribution in [0.4, 0.5) is 5.82 Å². The van der Waals surface area contributed by atoms with E-state index in [-0.39, 0.29) is 0 Å². The van der Waals surface area contributed by atoms with Crippen molar-refractivity contribution >= 4 is 5.82 Å². The fourth-order valence-corrected chi connectivity index (χ4v) is 3.81. The lowest BCUT2D eigenvalue weighted by molar-refractivity contribution is 0.657. The largest absolute Gasteiger partial charge is 0.369 e. The molecule has 2 aromatic rings. The maximum atomic E-state index is 4.97. The molecule has 2 aliphatic rings. The number of nitrogens with one attached hydrogen (secondary N) is 3. The number of aromatic amines is 1. The van der Waals surface area contributed by atoms with Crippen molar-refractivity contribution in [3.8, 4) is 0 Å². The molecular formula is C18H26N6. The van der Waals surface area contributed by atoms with Gasteiger partial charge in [-0.2, -0.15) is 0 Å². The molecule has 3 N–H and O–H groups in total. The van der Waals surface area contributed by atoms with Crippen LogP contribution < -0.4 is 10.6 Å². The summed E-state index contributed by atoms with van der Waals surface area (Å²) in [5, 5.41) is 7.06. The van der Waals surface area contributed by atoms with E-state index in [2.05, 4.69) is 20.6 Å². The van der Waals surface area contributed by atoms with Crippen LogP contribution >= 0.6 is 0 Å². The number of imidazole rings is 1. The van der Waals surface area contributed by atoms with Gasteiger partial charge in [0.1, 0.15) is 11.6 Å². The summed E-state index contributed by atoms with van der Waals surface area (Å²) in [6, 6.07) is 0. The van der Waals surface area contributed by atoms with E-state index in [0.29, 0.717) is 5.92 Å². The summed E-state index contributed by atoms with van der Waals surface area (Å²) in [5.74, 6) is 2.68. The van der Waals surface area contributed by atoms with E-state index < -0.39 is 0 Å². The van der Waals surface area contributed by atoms with E-state index in [1.807, 2.05) is 6.20 Å². The van der Waals surface area contributed by atoms with Gasteiger partial charge in [0, 0.05) is 49.3 Å². The Kier molecular flexibility index (Phi) is 4.74. The molecule has 2 aromatic heterocycles. The Bertz CT molecular complexity index is 660. The molecule has 1 fully saturated rings. The van der Waals surface area contributed by atoms with Crippen LogP contribution in [0, 0.1) is 0 Å². The van der Waals surface area contributed by atoms with Gasteiger partial charge >= 0.3 is 0 Å². The van der Waals surface area contributed by atoms with Gasteiger partial charge in [0.2, 0.25) is 0 Å². The molecule has 4 rings (SSSR count). The average Bonchev–Trinajstić information content (AvgIpc) is 3.25. The Labute approximate surface area is 142 Å². The normalized spacial score (nSPS) is 18.3. The summed E-state index contributed by atoms with van der Waals surface area (Å²) in [5.41, 5.74) is 3.72. The topological polar surface area (TPSA) is 78.5 Å². The highest BCUT2D eigenvalue weighted by atomic mass is 15.0. The lowest BCUT2D eigenvalue weighted by atomic mass is 10.0. The third kappa shape index (κ3) is 3.43. The summed E-state index contributed by atoms with van der Waals surface area (Å²) < 4.78 is 0. The van der Waals surface area contributed by atoms with Crippen molar-refractivity contribution in [3.63, 3.8) is 0 Å². The number of rotatable bonds is 5. The molecule has 24 heavy (non-hydrogen) atoms. The van der Waals surface area contributed by atoms with Gasteiger partial charge in [-0.3, -0.25) is 0 Å². The monoisotopic (exact) mass is 326 g/mol. The Morgan fingerprint density at radius 2 is 2.00 bits per heavy atom. The van der Waals surface area contributed by atoms with Gasteiger partial charge in [0.15, 0.2) is 0 Å². The van der Waals surface area contributed by atoms with Gasteiger partial charge in [-0.25, -0.2) is 15.0 Å². The smallest absolute Gasteiger partial charge is 0.134 e. The highest BCUT2D eigenvalue weighted by molar-refractivity contribution is 5.48. The average molecular weight is 326 g/mol. The summed E-state index contributed by atoms with van der Waals surface area (Å²) in [4.78, 5) is 17.2. The number of aromatic nitrogens is 4. The van der Waals surface area contributed by atoms with Gasteiger partial charge in [0.25, 0.3) is 0 Å². The van der Waals surface area contributed by atoms with Gasteiger partial charge in [-0.15, -0.1) is 0 Å². The first-order valence-electron chi connectivity index (χ1n) is 9.21. The Morgan fingerprint density at radius 3 is 2.83 bits per heavy atom. The molecule has 0 bridgehead atoms. The van der Waals surface area contributed by atoms with Gasteiger partial charge in [-0.05, 0) is 25.8 Å². The summed E-state index contributed by atoms with van der Waals surface area (Å²) in [6.07, 6.45) is 11.7. The van der Waals surface area contributed by atoms with E-state index in [0.717, 1.165) is 56.2 Å². The van der Waals surface area contributed by atoms with Crippen molar-refractivity contribution < 1.29 is 0 Å². The van der Waals surface area contributed by atoms with Crippen LogP contribution in [0.3, 0.4) is 0 Å². The second kappa shape index (κ2) is 7.30. The van der Waals surface area contributed by atoms with Crippen LogP contribution in [0.5, 0.6) is 0 Å². The molecule has 0 aromatic carbocycles. The van der Waals surface area contributed by atoms with E-state index in [9.17, 15) is 0 Å². The highest BCUT2D eigenvalue weighted by Gasteiger charge is 2.23. The second-order valence-corrected chi connectivity index (χ2v) is 6.84. The fraction of sp³-hybridized carbons (Fsp3) is 0.611. The van der Waals surface area contributed by atoms with Crippen molar-refractivity contribution in [1.29, 1.82) is 0 Å². The molecule has 1 saturated carbocycles. The van der Waals surface area contributed by atoms with Crippen LogP contribution in [-0.4, -0.2) is 39.6 Å². The van der Waals surface area contributed by atoms with Crippen LogP contribution in [0.1, 0.15) is 54.4 Å². The molecule has 0 spiro atoms. The van der Waals surface area contributed by atoms with Crippen LogP contribution in [-0.2, 0) is 19.3 Å². The Balaban J connectivity index is 1.56. The predicted molar refractivity (Wildman–Crippen MR) is 94.3 cm³/mol. The molecule has 0 unspecified atom stereocenters. The summed E-state index contributed by atoms with van der Waals surface area (Å²) in [7, 11) is 0. The summed E-state index contributed by atoms with van der Waals surface area (Å²) in [6.45, 7) is 2.89. The molecule has 128 valence electrons. The van der Waals surface area contributed by atoms with E-state index >= 15 is 0 Å². The SMILES string of the molecule is c1ncc(CCNc2nc(C3CCCC3)nc3c2CCNCC3)[nH]1. The number of H-pyrrole nitrogens is 1. The Morgan fingerprint density at radius 1 is 1.12 bits per heavy atom. The highest BCUT2D eigenvalue weighted by Crippen LogP contribution is 2.33. The van der Waals surface area contributed by atoms with E-state index in [1.165, 1.54) is 36.9 Å². The number of anilines is 1. The van der Waals surface area contributed by atoms with Crippen molar-refractivity contribution in [3.05, 3.63) is 35.3 Å². The first-order chi connectivity index (χ1) is 11.9. The van der Waals surface area contributed by atoms with E-state index in [1.54, 1.807) is 6.33 Å². The van der Waals surface area contributed by atoms with Gasteiger partial charge < -0.3 is 15.6 Å². The lowest BCUT2D eigenvalue weighted by Crippen LogP contribution is -2.16. The Hall–Kier alpha value is -1.95. The number of hydrogen-bond donors (Lipinski definition) is 3. The van der Waals surface area contributed by atoms with E-state index in [4.69, 9.17) is 9.97 Å². The maximum Gasteiger partial charge on any atom is 0.134 e. The van der Waals surface area contributed by atoms with Crippen molar-refractivity contribution in [1.82, 2.24) is 25.3 Å². The zero-order valence-electron chi connectivity index (χ0n) is 14.1. The molecule has 0 saturated heterocycles. The third-order valence-electron chi connectivity index (χ3n) is 5.16. The number of fused-ring (bicyclic) bond motifs is 1. The van der Waals surface area contributed by atoms with Gasteiger partial charge in [-0.1, -0.05) is 12.8 Å². The first-order valence-corrected chi connectivity index (χ1v) is 9.21. The second-order valence-electron chi connectivity index (χ2n) is 6.84. The quantitative estimate of drug-likeness (QED) is 0.785. The zero-order valence-corrected chi connectivity index (χ0v) is 14.1. The maximum absolute atomic E-state index is 4.97. The third-order valence-corrected chi connectivity index (χ3v) is 5.16. The molecule has 6 nitrogen and oxygen atoms in total. The number of nitrogens with zero attached hydrogens (tertiary/aromatic N) is 3. The minimum absolute atomic E-state index is 0.555. The molecular weight excluding hydrogens is 300 g/mol. The molecule has 6 heteroatoms. The van der Waals surface area contributed by atoms with Gasteiger partial charge in [0.05, 0.1) is 12.0 Å². The first kappa shape index (κ1) is 15.6. The van der Waals surface area contributed by atoms with Crippen molar-refractivity contribution in [2.24, 2.45) is 0 Å². The summed E-state index contributed by atoms with van der Waals surface area (Å²) >= 11 is 0.